The topological polar surface area (TPSA) is 62.6 Å². The van der Waals surface area contributed by atoms with Gasteiger partial charge in [-0.3, -0.25) is 0 Å². The summed E-state index contributed by atoms with van der Waals surface area (Å²) in [7, 11) is -1.75. The largest absolute Gasteiger partial charge is 0.465 e. The van der Waals surface area contributed by atoms with Crippen LogP contribution >= 0.6 is 0 Å². The molecule has 0 saturated carbocycles. The Labute approximate surface area is 120 Å². The smallest absolute Gasteiger partial charge is 0.246 e. The molecule has 2 saturated heterocycles. The SMILES string of the molecule is Cc1cc(S(=O)(=O)N(C)C2C[C@H]3CC[C@@H](C2)N3)c(C)o1. The van der Waals surface area contributed by atoms with E-state index in [4.69, 9.17) is 4.42 Å². The summed E-state index contributed by atoms with van der Waals surface area (Å²) in [5.41, 5.74) is 0. The van der Waals surface area contributed by atoms with Crippen LogP contribution in [-0.2, 0) is 10.0 Å². The Bertz CT molecular complexity index is 596. The maximum atomic E-state index is 12.7. The van der Waals surface area contributed by atoms with Crippen molar-refractivity contribution < 1.29 is 12.8 Å². The molecule has 6 heteroatoms. The van der Waals surface area contributed by atoms with Crippen molar-refractivity contribution in [1.29, 1.82) is 0 Å². The van der Waals surface area contributed by atoms with Crippen LogP contribution < -0.4 is 5.32 Å². The van der Waals surface area contributed by atoms with E-state index in [1.54, 1.807) is 31.3 Å². The lowest BCUT2D eigenvalue weighted by atomic mass is 10.0. The molecule has 20 heavy (non-hydrogen) atoms. The van der Waals surface area contributed by atoms with Crippen LogP contribution in [0.2, 0.25) is 0 Å². The van der Waals surface area contributed by atoms with Gasteiger partial charge in [-0.25, -0.2) is 8.42 Å². The highest BCUT2D eigenvalue weighted by Crippen LogP contribution is 2.32. The first-order valence-electron chi connectivity index (χ1n) is 7.19. The first-order valence-corrected chi connectivity index (χ1v) is 8.63. The molecular weight excluding hydrogens is 276 g/mol. The van der Waals surface area contributed by atoms with Crippen molar-refractivity contribution in [2.24, 2.45) is 0 Å². The van der Waals surface area contributed by atoms with Crippen LogP contribution in [0.1, 0.15) is 37.2 Å². The van der Waals surface area contributed by atoms with E-state index in [9.17, 15) is 8.42 Å². The summed E-state index contributed by atoms with van der Waals surface area (Å²) < 4.78 is 32.4. The van der Waals surface area contributed by atoms with Gasteiger partial charge in [-0.15, -0.1) is 0 Å². The Kier molecular flexibility index (Phi) is 3.43. The van der Waals surface area contributed by atoms with Crippen molar-refractivity contribution >= 4 is 10.0 Å². The third-order valence-corrected chi connectivity index (χ3v) is 6.63. The second kappa shape index (κ2) is 4.86. The van der Waals surface area contributed by atoms with Gasteiger partial charge in [-0.2, -0.15) is 4.31 Å². The first-order chi connectivity index (χ1) is 9.38. The maximum absolute atomic E-state index is 12.7. The van der Waals surface area contributed by atoms with Gasteiger partial charge in [0.25, 0.3) is 0 Å². The van der Waals surface area contributed by atoms with Crippen molar-refractivity contribution in [2.45, 2.75) is 62.6 Å². The quantitative estimate of drug-likeness (QED) is 0.924. The molecule has 2 aliphatic heterocycles. The number of rotatable bonds is 3. The molecule has 1 N–H and O–H groups in total. The molecule has 3 heterocycles. The molecule has 5 nitrogen and oxygen atoms in total. The van der Waals surface area contributed by atoms with Gasteiger partial charge in [0.15, 0.2) is 0 Å². The highest BCUT2D eigenvalue weighted by molar-refractivity contribution is 7.89. The van der Waals surface area contributed by atoms with Crippen LogP contribution in [-0.4, -0.2) is 37.9 Å². The summed E-state index contributed by atoms with van der Waals surface area (Å²) in [4.78, 5) is 0.309. The summed E-state index contributed by atoms with van der Waals surface area (Å²) >= 11 is 0. The zero-order chi connectivity index (χ0) is 14.5. The van der Waals surface area contributed by atoms with E-state index in [0.717, 1.165) is 12.8 Å². The van der Waals surface area contributed by atoms with Gasteiger partial charge >= 0.3 is 0 Å². The lowest BCUT2D eigenvalue weighted by Crippen LogP contribution is -2.48. The number of nitrogens with one attached hydrogen (secondary N) is 1. The minimum absolute atomic E-state index is 0.0911. The molecule has 2 bridgehead atoms. The monoisotopic (exact) mass is 298 g/mol. The van der Waals surface area contributed by atoms with E-state index >= 15 is 0 Å². The van der Waals surface area contributed by atoms with Crippen LogP contribution in [0.5, 0.6) is 0 Å². The van der Waals surface area contributed by atoms with E-state index in [-0.39, 0.29) is 6.04 Å². The normalized spacial score (nSPS) is 30.1. The summed E-state index contributed by atoms with van der Waals surface area (Å²) in [6, 6.07) is 2.66. The van der Waals surface area contributed by atoms with E-state index in [0.29, 0.717) is 28.5 Å². The van der Waals surface area contributed by atoms with Crippen LogP contribution in [0.15, 0.2) is 15.4 Å². The summed E-state index contributed by atoms with van der Waals surface area (Å²) in [5, 5.41) is 3.54. The standard InChI is InChI=1S/C14H22N2O3S/c1-9-6-14(10(2)19-9)20(17,18)16(3)13-7-11-4-5-12(8-13)15-11/h6,11-13,15H,4-5,7-8H2,1-3H3/t11-,12+,13?. The number of piperidine rings is 1. The molecule has 1 aromatic rings. The van der Waals surface area contributed by atoms with Crippen molar-refractivity contribution in [1.82, 2.24) is 9.62 Å². The molecule has 1 aromatic heterocycles. The third-order valence-electron chi connectivity index (χ3n) is 4.61. The number of aryl methyl sites for hydroxylation is 2. The van der Waals surface area contributed by atoms with Crippen molar-refractivity contribution in [3.05, 3.63) is 17.6 Å². The van der Waals surface area contributed by atoms with Gasteiger partial charge in [0.2, 0.25) is 10.0 Å². The predicted octanol–water partition coefficient (Wildman–Crippen LogP) is 1.80. The van der Waals surface area contributed by atoms with Gasteiger partial charge in [-0.1, -0.05) is 0 Å². The maximum Gasteiger partial charge on any atom is 0.246 e. The minimum Gasteiger partial charge on any atom is -0.465 e. The molecule has 0 aromatic carbocycles. The third kappa shape index (κ3) is 2.29. The van der Waals surface area contributed by atoms with Crippen LogP contribution in [0.3, 0.4) is 0 Å². The van der Waals surface area contributed by atoms with Crippen LogP contribution in [0.25, 0.3) is 0 Å². The fourth-order valence-electron chi connectivity index (χ4n) is 3.54. The van der Waals surface area contributed by atoms with Crippen molar-refractivity contribution in [2.75, 3.05) is 7.05 Å². The molecule has 1 unspecified atom stereocenters. The van der Waals surface area contributed by atoms with E-state index < -0.39 is 10.0 Å². The Morgan fingerprint density at radius 2 is 1.85 bits per heavy atom. The van der Waals surface area contributed by atoms with Crippen LogP contribution in [0, 0.1) is 13.8 Å². The summed E-state index contributed by atoms with van der Waals surface area (Å²) in [6.07, 6.45) is 4.14. The highest BCUT2D eigenvalue weighted by atomic mass is 32.2. The van der Waals surface area contributed by atoms with Crippen molar-refractivity contribution in [3.8, 4) is 0 Å². The van der Waals surface area contributed by atoms with Crippen molar-refractivity contribution in [3.63, 3.8) is 0 Å². The van der Waals surface area contributed by atoms with Gasteiger partial charge in [0.1, 0.15) is 16.4 Å². The van der Waals surface area contributed by atoms with Crippen LogP contribution in [0.4, 0.5) is 0 Å². The highest BCUT2D eigenvalue weighted by Gasteiger charge is 2.39. The fourth-order valence-corrected chi connectivity index (χ4v) is 5.13. The molecule has 2 aliphatic rings. The van der Waals surface area contributed by atoms with E-state index in [1.165, 1.54) is 12.8 Å². The predicted molar refractivity (Wildman–Crippen MR) is 76.1 cm³/mol. The van der Waals surface area contributed by atoms with Gasteiger partial charge in [-0.05, 0) is 45.6 Å². The number of furan rings is 1. The van der Waals surface area contributed by atoms with Gasteiger partial charge < -0.3 is 9.73 Å². The van der Waals surface area contributed by atoms with E-state index in [1.807, 2.05) is 0 Å². The molecule has 3 rings (SSSR count). The lowest BCUT2D eigenvalue weighted by Gasteiger charge is -2.34. The molecule has 0 spiro atoms. The number of hydrogen-bond acceptors (Lipinski definition) is 4. The summed E-state index contributed by atoms with van der Waals surface area (Å²) in [6.45, 7) is 3.48. The Morgan fingerprint density at radius 3 is 2.35 bits per heavy atom. The second-order valence-corrected chi connectivity index (χ2v) is 8.03. The second-order valence-electron chi connectivity index (χ2n) is 6.06. The Morgan fingerprint density at radius 1 is 1.25 bits per heavy atom. The molecule has 0 amide bonds. The number of hydrogen-bond donors (Lipinski definition) is 1. The molecule has 0 radical (unpaired) electrons. The van der Waals surface area contributed by atoms with E-state index in [2.05, 4.69) is 5.32 Å². The van der Waals surface area contributed by atoms with Gasteiger partial charge in [0.05, 0.1) is 0 Å². The van der Waals surface area contributed by atoms with Gasteiger partial charge in [0, 0.05) is 25.2 Å². The Balaban J connectivity index is 1.86. The molecule has 3 atom stereocenters. The Hall–Kier alpha value is -0.850. The number of nitrogens with zero attached hydrogens (tertiary/aromatic N) is 1. The zero-order valence-corrected chi connectivity index (χ0v) is 13.0. The molecule has 2 fully saturated rings. The minimum atomic E-state index is -3.46. The average molecular weight is 298 g/mol. The summed E-state index contributed by atoms with van der Waals surface area (Å²) in [5.74, 6) is 1.12. The average Bonchev–Trinajstić information content (AvgIpc) is 2.90. The lowest BCUT2D eigenvalue weighted by molar-refractivity contribution is 0.251. The number of fused-ring (bicyclic) bond motifs is 2. The molecule has 112 valence electrons. The fraction of sp³-hybridized carbons (Fsp3) is 0.714. The molecule has 0 aliphatic carbocycles. The molecular formula is C14H22N2O3S. The zero-order valence-electron chi connectivity index (χ0n) is 12.2. The number of sulfonamides is 1. The first kappa shape index (κ1) is 14.1.